The summed E-state index contributed by atoms with van der Waals surface area (Å²) in [5, 5.41) is 22.5. The Hall–Kier alpha value is -6.15. The van der Waals surface area contributed by atoms with Crippen LogP contribution < -0.4 is 14.2 Å². The number of nitrogens with one attached hydrogen (secondary N) is 4. The van der Waals surface area contributed by atoms with E-state index in [1.54, 1.807) is 13.0 Å². The highest BCUT2D eigenvalue weighted by Crippen LogP contribution is 2.30. The van der Waals surface area contributed by atoms with Crippen LogP contribution in [0.1, 0.15) is 51.6 Å². The molecule has 0 unspecified atom stereocenters. The number of hydrogen-bond donors (Lipinski definition) is 5. The van der Waals surface area contributed by atoms with Gasteiger partial charge in [0.15, 0.2) is 34.5 Å². The molecule has 5 N–H and O–H groups in total. The smallest absolute Gasteiger partial charge is 0.259 e. The van der Waals surface area contributed by atoms with E-state index in [1.807, 2.05) is 4.72 Å². The van der Waals surface area contributed by atoms with Gasteiger partial charge in [-0.3, -0.25) is 24.1 Å². The molecule has 0 fully saturated rings. The van der Waals surface area contributed by atoms with Crippen molar-refractivity contribution in [3.63, 3.8) is 0 Å². The fourth-order valence-corrected chi connectivity index (χ4v) is 8.06. The highest BCUT2D eigenvalue weighted by Gasteiger charge is 2.25. The lowest BCUT2D eigenvalue weighted by atomic mass is 10.0. The van der Waals surface area contributed by atoms with Crippen LogP contribution in [-0.2, 0) is 32.9 Å². The molecule has 0 amide bonds. The van der Waals surface area contributed by atoms with Crippen molar-refractivity contribution in [3.8, 4) is 5.88 Å². The zero-order valence-corrected chi connectivity index (χ0v) is 33.3. The number of carbonyl (C=O) groups excluding carboxylic acids is 2. The summed E-state index contributed by atoms with van der Waals surface area (Å²) in [5.74, 6) is -5.22. The van der Waals surface area contributed by atoms with E-state index in [1.165, 1.54) is 31.6 Å². The molecule has 0 aliphatic rings. The van der Waals surface area contributed by atoms with Crippen molar-refractivity contribution >= 4 is 82.5 Å². The van der Waals surface area contributed by atoms with Crippen molar-refractivity contribution in [1.29, 1.82) is 0 Å². The van der Waals surface area contributed by atoms with E-state index in [9.17, 15) is 39.6 Å². The van der Waals surface area contributed by atoms with Gasteiger partial charge in [-0.15, -0.1) is 5.10 Å². The third-order valence-corrected chi connectivity index (χ3v) is 11.4. The zero-order valence-electron chi connectivity index (χ0n) is 30.9. The summed E-state index contributed by atoms with van der Waals surface area (Å²) >= 11 is 6.02. The van der Waals surface area contributed by atoms with E-state index >= 15 is 0 Å². The number of ketones is 2. The molecule has 310 valence electrons. The molecule has 0 bridgehead atoms. The van der Waals surface area contributed by atoms with Gasteiger partial charge in [0.1, 0.15) is 5.82 Å². The number of fused-ring (bicyclic) bond motifs is 2. The van der Waals surface area contributed by atoms with Crippen molar-refractivity contribution in [3.05, 3.63) is 105 Å². The molecule has 0 aliphatic heterocycles. The molecular weight excluding hydrogens is 843 g/mol. The number of aromatic amines is 2. The third-order valence-electron chi connectivity index (χ3n) is 8.23. The molecule has 4 heterocycles. The van der Waals surface area contributed by atoms with Gasteiger partial charge in [0, 0.05) is 37.2 Å². The predicted molar refractivity (Wildman–Crippen MR) is 211 cm³/mol. The van der Waals surface area contributed by atoms with Gasteiger partial charge in [-0.05, 0) is 54.3 Å². The predicted octanol–water partition coefficient (Wildman–Crippen LogP) is 5.67. The first kappa shape index (κ1) is 44.0. The first-order valence-corrected chi connectivity index (χ1v) is 20.9. The number of carbonyl (C=O) groups is 2. The molecule has 17 nitrogen and oxygen atoms in total. The molecule has 6 rings (SSSR count). The summed E-state index contributed by atoms with van der Waals surface area (Å²) in [6, 6.07) is 7.25. The van der Waals surface area contributed by atoms with Crippen molar-refractivity contribution < 1.29 is 49.4 Å². The second-order valence-corrected chi connectivity index (χ2v) is 16.6. The summed E-state index contributed by atoms with van der Waals surface area (Å²) in [6.45, 7) is 8.39. The number of halogens is 4. The number of aromatic nitrogens is 6. The average molecular weight is 876 g/mol. The normalized spacial score (nSPS) is 11.5. The van der Waals surface area contributed by atoms with Crippen LogP contribution in [0.2, 0.25) is 5.02 Å². The Bertz CT molecular complexity index is 2830. The Morgan fingerprint density at radius 2 is 1.46 bits per heavy atom. The fraction of sp³-hybridized carbons (Fsp3) is 0.250. The molecule has 0 spiro atoms. The summed E-state index contributed by atoms with van der Waals surface area (Å²) in [5.41, 5.74) is -0.644. The van der Waals surface area contributed by atoms with Crippen molar-refractivity contribution in [1.82, 2.24) is 30.4 Å². The van der Waals surface area contributed by atoms with Crippen LogP contribution in [0.25, 0.3) is 26.9 Å². The molecule has 0 atom stereocenters. The van der Waals surface area contributed by atoms with E-state index in [0.29, 0.717) is 39.8 Å². The van der Waals surface area contributed by atoms with E-state index < -0.39 is 83.7 Å². The number of pyridine rings is 2. The molecule has 0 saturated heterocycles. The highest BCUT2D eigenvalue weighted by atomic mass is 35.5. The van der Waals surface area contributed by atoms with Gasteiger partial charge in [0.2, 0.25) is 25.9 Å². The van der Waals surface area contributed by atoms with Gasteiger partial charge in [-0.1, -0.05) is 36.3 Å². The molecule has 2 aromatic carbocycles. The van der Waals surface area contributed by atoms with Gasteiger partial charge < -0.3 is 14.7 Å². The Morgan fingerprint density at radius 3 is 2.08 bits per heavy atom. The van der Waals surface area contributed by atoms with Gasteiger partial charge >= 0.3 is 0 Å². The number of aliphatic hydroxyl groups excluding tert-OH is 1. The number of methoxy groups -OCH3 is 1. The van der Waals surface area contributed by atoms with Crippen LogP contribution in [-0.4, -0.2) is 89.1 Å². The standard InChI is InChI=1S/C18H18ClFN4O5S.C18H15F2N5O3S/c1-29-18-11-7-10(9-21-17(11)22-23-18)8-14(26)15-12(19)3-4-13(16(15)20)24-30(27,28)6-2-5-25;1-3-6-29(27,28)25-13-5-4-12(19)15(16(13)20)14(26)8-10-7-11-17(21-2)23-24-18(11)22-9-10/h3-4,7,9,24-25H,2,5-6,8H2,1H3,(H,21,22,23);4-5,7,9,25H,3,6,8H2,1H3,(H,22,23,24). The Balaban J connectivity index is 0.000000224. The lowest BCUT2D eigenvalue weighted by Gasteiger charge is -2.12. The van der Waals surface area contributed by atoms with Crippen LogP contribution in [0.4, 0.5) is 30.4 Å². The summed E-state index contributed by atoms with van der Waals surface area (Å²) in [6.07, 6.45) is 2.42. The summed E-state index contributed by atoms with van der Waals surface area (Å²) in [7, 11) is -6.28. The number of benzene rings is 2. The monoisotopic (exact) mass is 875 g/mol. The largest absolute Gasteiger partial charge is 0.479 e. The van der Waals surface area contributed by atoms with Gasteiger partial charge in [-0.25, -0.2) is 45.1 Å². The Labute approximate surface area is 339 Å². The number of nitrogens with zero attached hydrogens (tertiary/aromatic N) is 5. The number of anilines is 2. The first-order chi connectivity index (χ1) is 28.0. The van der Waals surface area contributed by atoms with Crippen molar-refractivity contribution in [2.75, 3.05) is 34.7 Å². The van der Waals surface area contributed by atoms with Crippen molar-refractivity contribution in [2.45, 2.75) is 32.6 Å². The maximum atomic E-state index is 14.9. The molecule has 4 aromatic heterocycles. The van der Waals surface area contributed by atoms with Crippen LogP contribution in [0.5, 0.6) is 5.88 Å². The van der Waals surface area contributed by atoms with E-state index in [2.05, 4.69) is 39.9 Å². The van der Waals surface area contributed by atoms with E-state index in [0.717, 1.165) is 18.2 Å². The van der Waals surface area contributed by atoms with Gasteiger partial charge in [-0.2, -0.15) is 0 Å². The fourth-order valence-electron chi connectivity index (χ4n) is 5.57. The van der Waals surface area contributed by atoms with Gasteiger partial charge in [0.05, 0.1) is 51.5 Å². The lowest BCUT2D eigenvalue weighted by molar-refractivity contribution is 0.0978. The number of Topliss-reactive ketones (excluding diaryl/α,β-unsaturated/α-hetero) is 2. The number of aliphatic hydroxyl groups is 1. The van der Waals surface area contributed by atoms with E-state index in [4.69, 9.17) is 28.0 Å². The first-order valence-electron chi connectivity index (χ1n) is 17.2. The number of sulfonamides is 2. The second-order valence-electron chi connectivity index (χ2n) is 12.6. The molecule has 59 heavy (non-hydrogen) atoms. The molecule has 0 radical (unpaired) electrons. The number of rotatable bonds is 16. The van der Waals surface area contributed by atoms with Crippen LogP contribution in [0.3, 0.4) is 0 Å². The third kappa shape index (κ3) is 10.5. The van der Waals surface area contributed by atoms with Crippen LogP contribution >= 0.6 is 11.6 Å². The number of hydrogen-bond acceptors (Lipinski definition) is 12. The minimum Gasteiger partial charge on any atom is -0.479 e. The SMILES string of the molecule is COc1n[nH]c2ncc(CC(=O)c3c(Cl)ccc(NS(=O)(=O)CCCO)c3F)cc12.[C-]#[N+]c1[nH]nc2ncc(CC(=O)c3c(F)ccc(NS(=O)(=O)CCC)c3F)cc12. The Kier molecular flexibility index (Phi) is 13.9. The molecule has 23 heteroatoms. The summed E-state index contributed by atoms with van der Waals surface area (Å²) in [4.78, 5) is 36.7. The molecule has 0 saturated carbocycles. The topological polar surface area (TPSA) is 243 Å². The minimum atomic E-state index is -3.90. The van der Waals surface area contributed by atoms with Crippen molar-refractivity contribution in [2.24, 2.45) is 0 Å². The Morgan fingerprint density at radius 1 is 0.864 bits per heavy atom. The summed E-state index contributed by atoms with van der Waals surface area (Å²) < 4.78 is 101. The number of ether oxygens (including phenoxy) is 1. The average Bonchev–Trinajstić information content (AvgIpc) is 3.79. The van der Waals surface area contributed by atoms with Crippen LogP contribution in [0, 0.1) is 24.0 Å². The molecule has 0 aliphatic carbocycles. The second kappa shape index (κ2) is 18.6. The quantitative estimate of drug-likeness (QED) is 0.0583. The van der Waals surface area contributed by atoms with E-state index in [-0.39, 0.29) is 41.7 Å². The number of H-pyrrole nitrogens is 2. The lowest BCUT2D eigenvalue weighted by Crippen LogP contribution is -2.19. The highest BCUT2D eigenvalue weighted by molar-refractivity contribution is 7.92. The zero-order chi connectivity index (χ0) is 43.1. The van der Waals surface area contributed by atoms with Crippen LogP contribution in [0.15, 0.2) is 48.8 Å². The maximum Gasteiger partial charge on any atom is 0.259 e. The minimum absolute atomic E-state index is 0.0106. The maximum absolute atomic E-state index is 14.9. The molecule has 6 aromatic rings. The molecular formula is C36H33ClF3N9O8S2. The van der Waals surface area contributed by atoms with Gasteiger partial charge in [0.25, 0.3) is 5.82 Å².